The zero-order valence-electron chi connectivity index (χ0n) is 19.0. The summed E-state index contributed by atoms with van der Waals surface area (Å²) in [4.78, 5) is 37.5. The van der Waals surface area contributed by atoms with Gasteiger partial charge < -0.3 is 10.4 Å². The van der Waals surface area contributed by atoms with Crippen LogP contribution in [0.15, 0.2) is 66.9 Å². The summed E-state index contributed by atoms with van der Waals surface area (Å²) in [5.74, 6) is -1.04. The van der Waals surface area contributed by atoms with E-state index < -0.39 is 5.97 Å². The highest BCUT2D eigenvalue weighted by atomic mass is 16.4. The van der Waals surface area contributed by atoms with Crippen molar-refractivity contribution in [1.82, 2.24) is 20.3 Å². The molecule has 0 atom stereocenters. The van der Waals surface area contributed by atoms with Crippen LogP contribution in [-0.4, -0.2) is 31.9 Å². The number of aliphatic carboxylic acids is 1. The van der Waals surface area contributed by atoms with Crippen LogP contribution in [0.5, 0.6) is 0 Å². The Morgan fingerprint density at radius 1 is 0.971 bits per heavy atom. The first-order valence-electron chi connectivity index (χ1n) is 11.3. The van der Waals surface area contributed by atoms with Gasteiger partial charge in [-0.3, -0.25) is 9.59 Å². The molecule has 172 valence electrons. The van der Waals surface area contributed by atoms with Crippen molar-refractivity contribution >= 4 is 23.0 Å². The molecule has 2 heterocycles. The lowest BCUT2D eigenvalue weighted by molar-refractivity contribution is -0.137. The van der Waals surface area contributed by atoms with Crippen LogP contribution < -0.4 is 5.32 Å². The van der Waals surface area contributed by atoms with Crippen LogP contribution in [0.1, 0.15) is 46.4 Å². The first-order valence-corrected chi connectivity index (χ1v) is 11.3. The van der Waals surface area contributed by atoms with Crippen LogP contribution in [0, 0.1) is 6.92 Å². The fraction of sp³-hybridized carbons (Fsp3) is 0.222. The molecule has 0 saturated carbocycles. The molecule has 2 N–H and O–H groups in total. The number of hydrogen-bond acceptors (Lipinski definition) is 5. The van der Waals surface area contributed by atoms with Crippen molar-refractivity contribution < 1.29 is 14.7 Å². The van der Waals surface area contributed by atoms with Gasteiger partial charge in [-0.15, -0.1) is 0 Å². The van der Waals surface area contributed by atoms with Crippen molar-refractivity contribution in [3.63, 3.8) is 0 Å². The molecule has 34 heavy (non-hydrogen) atoms. The SMILES string of the molecule is Cc1ccc(CNC(=O)c2cnc3nc(-c4ccccc4)c(CCCCC(=O)O)nc3c2)cc1. The molecule has 0 fully saturated rings. The number of carboxylic acid groups (broad SMARTS) is 1. The van der Waals surface area contributed by atoms with Crippen molar-refractivity contribution in [2.24, 2.45) is 0 Å². The quantitative estimate of drug-likeness (QED) is 0.354. The van der Waals surface area contributed by atoms with Gasteiger partial charge in [0.2, 0.25) is 0 Å². The third-order valence-corrected chi connectivity index (χ3v) is 5.53. The molecule has 7 nitrogen and oxygen atoms in total. The van der Waals surface area contributed by atoms with E-state index in [1.807, 2.05) is 61.5 Å². The Balaban J connectivity index is 1.58. The minimum Gasteiger partial charge on any atom is -0.481 e. The lowest BCUT2D eigenvalue weighted by Gasteiger charge is -2.11. The van der Waals surface area contributed by atoms with Gasteiger partial charge in [0.05, 0.1) is 17.0 Å². The van der Waals surface area contributed by atoms with Crippen molar-refractivity contribution in [1.29, 1.82) is 0 Å². The first-order chi connectivity index (χ1) is 16.5. The minimum absolute atomic E-state index is 0.120. The predicted molar refractivity (Wildman–Crippen MR) is 130 cm³/mol. The highest BCUT2D eigenvalue weighted by Gasteiger charge is 2.14. The fourth-order valence-corrected chi connectivity index (χ4v) is 3.67. The molecule has 2 aromatic carbocycles. The van der Waals surface area contributed by atoms with E-state index in [1.165, 1.54) is 11.8 Å². The molecular weight excluding hydrogens is 428 g/mol. The molecule has 2 aromatic heterocycles. The van der Waals surface area contributed by atoms with Gasteiger partial charge in [-0.2, -0.15) is 0 Å². The largest absolute Gasteiger partial charge is 0.481 e. The zero-order valence-corrected chi connectivity index (χ0v) is 19.0. The third kappa shape index (κ3) is 5.81. The Labute approximate surface area is 197 Å². The number of carboxylic acids is 1. The molecule has 7 heteroatoms. The molecule has 0 saturated heterocycles. The normalized spacial score (nSPS) is 10.9. The number of unbranched alkanes of at least 4 members (excludes halogenated alkanes) is 1. The van der Waals surface area contributed by atoms with E-state index >= 15 is 0 Å². The highest BCUT2D eigenvalue weighted by molar-refractivity contribution is 5.96. The van der Waals surface area contributed by atoms with Crippen molar-refractivity contribution in [2.45, 2.75) is 39.2 Å². The van der Waals surface area contributed by atoms with Gasteiger partial charge >= 0.3 is 5.97 Å². The number of aryl methyl sites for hydroxylation is 2. The second-order valence-electron chi connectivity index (χ2n) is 8.22. The number of pyridine rings is 1. The molecule has 0 aliphatic heterocycles. The van der Waals surface area contributed by atoms with Crippen LogP contribution in [0.3, 0.4) is 0 Å². The van der Waals surface area contributed by atoms with Crippen LogP contribution in [0.25, 0.3) is 22.4 Å². The molecule has 0 aliphatic carbocycles. The van der Waals surface area contributed by atoms with Crippen molar-refractivity contribution in [3.05, 3.63) is 89.2 Å². The lowest BCUT2D eigenvalue weighted by Crippen LogP contribution is -2.23. The lowest BCUT2D eigenvalue weighted by atomic mass is 10.0. The van der Waals surface area contributed by atoms with Crippen LogP contribution in [0.2, 0.25) is 0 Å². The van der Waals surface area contributed by atoms with Crippen LogP contribution in [-0.2, 0) is 17.8 Å². The number of rotatable bonds is 9. The maximum absolute atomic E-state index is 12.7. The molecule has 0 unspecified atom stereocenters. The van der Waals surface area contributed by atoms with Gasteiger partial charge in [-0.1, -0.05) is 60.2 Å². The van der Waals surface area contributed by atoms with Gasteiger partial charge in [0, 0.05) is 24.7 Å². The Hall–Kier alpha value is -4.13. The van der Waals surface area contributed by atoms with Crippen LogP contribution in [0.4, 0.5) is 0 Å². The maximum Gasteiger partial charge on any atom is 0.303 e. The van der Waals surface area contributed by atoms with E-state index in [-0.39, 0.29) is 12.3 Å². The minimum atomic E-state index is -0.807. The Morgan fingerprint density at radius 2 is 1.74 bits per heavy atom. The maximum atomic E-state index is 12.7. The van der Waals surface area contributed by atoms with E-state index in [4.69, 9.17) is 15.1 Å². The Bertz CT molecular complexity index is 1310. The number of nitrogens with one attached hydrogen (secondary N) is 1. The zero-order chi connectivity index (χ0) is 23.9. The van der Waals surface area contributed by atoms with Gasteiger partial charge in [-0.05, 0) is 37.8 Å². The summed E-state index contributed by atoms with van der Waals surface area (Å²) in [6.07, 6.45) is 3.46. The number of carbonyl (C=O) groups excluding carboxylic acids is 1. The second-order valence-corrected chi connectivity index (χ2v) is 8.22. The molecule has 0 bridgehead atoms. The van der Waals surface area contributed by atoms with Gasteiger partial charge in [0.1, 0.15) is 5.52 Å². The number of fused-ring (bicyclic) bond motifs is 1. The number of aromatic nitrogens is 3. The van der Waals surface area contributed by atoms with E-state index in [2.05, 4.69) is 10.3 Å². The second kappa shape index (κ2) is 10.7. The van der Waals surface area contributed by atoms with Crippen molar-refractivity contribution in [3.8, 4) is 11.3 Å². The smallest absolute Gasteiger partial charge is 0.303 e. The molecule has 4 rings (SSSR count). The summed E-state index contributed by atoms with van der Waals surface area (Å²) in [7, 11) is 0. The third-order valence-electron chi connectivity index (χ3n) is 5.53. The van der Waals surface area contributed by atoms with Crippen LogP contribution >= 0.6 is 0 Å². The number of benzene rings is 2. The number of carbonyl (C=O) groups is 2. The Kier molecular flexibility index (Phi) is 7.22. The highest BCUT2D eigenvalue weighted by Crippen LogP contribution is 2.24. The molecule has 0 spiro atoms. The monoisotopic (exact) mass is 454 g/mol. The summed E-state index contributed by atoms with van der Waals surface area (Å²) < 4.78 is 0. The standard InChI is InChI=1S/C27H26N4O3/c1-18-11-13-19(14-12-18)16-29-27(34)21-15-23-26(28-17-21)31-25(20-7-3-2-4-8-20)22(30-23)9-5-6-10-24(32)33/h2-4,7-8,11-15,17H,5-6,9-10,16H2,1H3,(H,29,34)(H,32,33). The van der Waals surface area contributed by atoms with Gasteiger partial charge in [0.15, 0.2) is 5.65 Å². The van der Waals surface area contributed by atoms with E-state index in [9.17, 15) is 9.59 Å². The number of amides is 1. The summed E-state index contributed by atoms with van der Waals surface area (Å²) >= 11 is 0. The number of hydrogen-bond donors (Lipinski definition) is 2. The van der Waals surface area contributed by atoms with E-state index in [1.54, 1.807) is 6.07 Å². The predicted octanol–water partition coefficient (Wildman–Crippen LogP) is 4.73. The summed E-state index contributed by atoms with van der Waals surface area (Å²) in [5.41, 5.74) is 6.02. The molecular formula is C27H26N4O3. The topological polar surface area (TPSA) is 105 Å². The molecule has 4 aromatic rings. The summed E-state index contributed by atoms with van der Waals surface area (Å²) in [6.45, 7) is 2.44. The van der Waals surface area contributed by atoms with Gasteiger partial charge in [0.25, 0.3) is 5.91 Å². The average Bonchev–Trinajstić information content (AvgIpc) is 2.85. The number of nitrogens with zero attached hydrogens (tertiary/aromatic N) is 3. The van der Waals surface area contributed by atoms with E-state index in [0.717, 1.165) is 22.5 Å². The fourth-order valence-electron chi connectivity index (χ4n) is 3.67. The van der Waals surface area contributed by atoms with Gasteiger partial charge in [-0.25, -0.2) is 15.0 Å². The molecule has 0 radical (unpaired) electrons. The molecule has 1 amide bonds. The summed E-state index contributed by atoms with van der Waals surface area (Å²) in [5, 5.41) is 11.8. The average molecular weight is 455 g/mol. The van der Waals surface area contributed by atoms with Crippen molar-refractivity contribution in [2.75, 3.05) is 0 Å². The first kappa shape index (κ1) is 23.0. The summed E-state index contributed by atoms with van der Waals surface area (Å²) in [6, 6.07) is 19.4. The van der Waals surface area contributed by atoms with E-state index in [0.29, 0.717) is 42.5 Å². The Morgan fingerprint density at radius 3 is 2.47 bits per heavy atom. The molecule has 0 aliphatic rings.